The molecule has 0 aliphatic heterocycles. The zero-order chi connectivity index (χ0) is 21.0. The van der Waals surface area contributed by atoms with Crippen LogP contribution in [0.4, 0.5) is 0 Å². The SMILES string of the molecule is CC(C)O.CC(C)O.O[Si](c1ccccc1)(c1ccccc1)c1ccccc1.[O-2].[V+2]. The molecule has 30 heavy (non-hydrogen) atoms. The summed E-state index contributed by atoms with van der Waals surface area (Å²) in [4.78, 5) is 11.6. The molecule has 0 aliphatic carbocycles. The number of rotatable bonds is 3. The van der Waals surface area contributed by atoms with E-state index < -0.39 is 8.32 Å². The van der Waals surface area contributed by atoms with Gasteiger partial charge < -0.3 is 20.5 Å². The van der Waals surface area contributed by atoms with E-state index in [0.717, 1.165) is 15.6 Å². The van der Waals surface area contributed by atoms with E-state index in [1.165, 1.54) is 0 Å². The molecule has 4 nitrogen and oxygen atoms in total. The van der Waals surface area contributed by atoms with Gasteiger partial charge in [0.25, 0.3) is 8.32 Å². The fraction of sp³-hybridized carbons (Fsp3) is 0.250. The van der Waals surface area contributed by atoms with Gasteiger partial charge >= 0.3 is 18.6 Å². The Hall–Kier alpha value is -1.70. The minimum absolute atomic E-state index is 0. The third-order valence-electron chi connectivity index (χ3n) is 3.57. The van der Waals surface area contributed by atoms with Gasteiger partial charge in [-0.3, -0.25) is 0 Å². The normalized spacial score (nSPS) is 9.90. The van der Waals surface area contributed by atoms with Gasteiger partial charge in [0.1, 0.15) is 0 Å². The van der Waals surface area contributed by atoms with Crippen molar-refractivity contribution in [1.29, 1.82) is 0 Å². The van der Waals surface area contributed by atoms with Crippen molar-refractivity contribution in [3.8, 4) is 0 Å². The largest absolute Gasteiger partial charge is 2.00 e. The second-order valence-electron chi connectivity index (χ2n) is 7.00. The van der Waals surface area contributed by atoms with E-state index in [-0.39, 0.29) is 36.2 Å². The van der Waals surface area contributed by atoms with Gasteiger partial charge in [-0.15, -0.1) is 0 Å². The molecular weight excluding hydrogens is 431 g/mol. The standard InChI is InChI=1S/C18H16OSi.2C3H8O.O.V/c19-20(16-10-4-1-5-11-16,17-12-6-2-7-13-17)18-14-8-3-9-15-18;2*1-3(2)4;;/h1-15,19H;2*3-4H,1-2H3;;/q;;;-2;+2. The third-order valence-corrected chi connectivity index (χ3v) is 7.08. The summed E-state index contributed by atoms with van der Waals surface area (Å²) < 4.78 is 0. The number of aliphatic hydroxyl groups excluding tert-OH is 2. The van der Waals surface area contributed by atoms with E-state index in [2.05, 4.69) is 0 Å². The molecule has 0 saturated heterocycles. The van der Waals surface area contributed by atoms with E-state index in [1.54, 1.807) is 27.7 Å². The zero-order valence-electron chi connectivity index (χ0n) is 18.0. The molecule has 0 atom stereocenters. The van der Waals surface area contributed by atoms with Crippen molar-refractivity contribution in [2.24, 2.45) is 0 Å². The van der Waals surface area contributed by atoms with Gasteiger partial charge in [-0.2, -0.15) is 0 Å². The molecular formula is C24H32O4SiV. The Balaban J connectivity index is 0. The summed E-state index contributed by atoms with van der Waals surface area (Å²) >= 11 is 0. The molecule has 161 valence electrons. The smallest absolute Gasteiger partial charge is 2.00 e. The van der Waals surface area contributed by atoms with E-state index >= 15 is 0 Å². The van der Waals surface area contributed by atoms with Crippen LogP contribution in [0.25, 0.3) is 0 Å². The first-order valence-corrected chi connectivity index (χ1v) is 11.5. The molecule has 0 aliphatic rings. The molecule has 0 heterocycles. The molecule has 0 spiro atoms. The van der Waals surface area contributed by atoms with Crippen LogP contribution in [-0.4, -0.2) is 35.5 Å². The number of benzene rings is 3. The fourth-order valence-electron chi connectivity index (χ4n) is 2.54. The molecule has 3 aromatic carbocycles. The van der Waals surface area contributed by atoms with Gasteiger partial charge in [0.15, 0.2) is 0 Å². The molecule has 6 heteroatoms. The summed E-state index contributed by atoms with van der Waals surface area (Å²) in [7, 11) is -2.88. The maximum Gasteiger partial charge on any atom is 2.00 e. The van der Waals surface area contributed by atoms with Crippen molar-refractivity contribution in [2.45, 2.75) is 39.9 Å². The van der Waals surface area contributed by atoms with E-state index in [9.17, 15) is 4.80 Å². The first-order valence-electron chi connectivity index (χ1n) is 9.53. The van der Waals surface area contributed by atoms with Gasteiger partial charge in [-0.1, -0.05) is 91.0 Å². The molecule has 3 aromatic rings. The molecule has 0 aromatic heterocycles. The fourth-order valence-corrected chi connectivity index (χ4v) is 5.56. The van der Waals surface area contributed by atoms with Crippen molar-refractivity contribution in [3.05, 3.63) is 91.0 Å². The van der Waals surface area contributed by atoms with Crippen molar-refractivity contribution in [2.75, 3.05) is 0 Å². The number of hydrogen-bond donors (Lipinski definition) is 3. The van der Waals surface area contributed by atoms with Crippen LogP contribution in [0.15, 0.2) is 91.0 Å². The van der Waals surface area contributed by atoms with Gasteiger partial charge in [0.2, 0.25) is 0 Å². The van der Waals surface area contributed by atoms with Crippen LogP contribution in [-0.2, 0) is 24.0 Å². The predicted molar refractivity (Wildman–Crippen MR) is 122 cm³/mol. The second kappa shape index (κ2) is 16.1. The number of hydrogen-bond acceptors (Lipinski definition) is 3. The average Bonchev–Trinajstić information content (AvgIpc) is 2.68. The summed E-state index contributed by atoms with van der Waals surface area (Å²) in [5, 5.41) is 19.1. The van der Waals surface area contributed by atoms with Crippen LogP contribution >= 0.6 is 0 Å². The number of aliphatic hydroxyl groups is 2. The zero-order valence-corrected chi connectivity index (χ0v) is 20.4. The molecule has 0 amide bonds. The van der Waals surface area contributed by atoms with Crippen LogP contribution < -0.4 is 15.6 Å². The maximum absolute atomic E-state index is 11.6. The van der Waals surface area contributed by atoms with Gasteiger partial charge in [-0.25, -0.2) is 0 Å². The van der Waals surface area contributed by atoms with Crippen LogP contribution in [0.3, 0.4) is 0 Å². The van der Waals surface area contributed by atoms with Gasteiger partial charge in [-0.05, 0) is 43.3 Å². The minimum atomic E-state index is -2.88. The van der Waals surface area contributed by atoms with Gasteiger partial charge in [0, 0.05) is 12.2 Å². The Bertz CT molecular complexity index is 661. The van der Waals surface area contributed by atoms with Crippen LogP contribution in [0.2, 0.25) is 0 Å². The molecule has 0 unspecified atom stereocenters. The molecule has 0 fully saturated rings. The average molecular weight is 464 g/mol. The first kappa shape index (κ1) is 30.5. The topological polar surface area (TPSA) is 89.2 Å². The molecule has 0 bridgehead atoms. The summed E-state index contributed by atoms with van der Waals surface area (Å²) in [5.74, 6) is 0. The molecule has 3 N–H and O–H groups in total. The van der Waals surface area contributed by atoms with Crippen molar-refractivity contribution in [3.63, 3.8) is 0 Å². The van der Waals surface area contributed by atoms with Crippen molar-refractivity contribution >= 4 is 23.9 Å². The monoisotopic (exact) mass is 463 g/mol. The second-order valence-corrected chi connectivity index (χ2v) is 10.1. The van der Waals surface area contributed by atoms with Crippen molar-refractivity contribution < 1.29 is 39.0 Å². The quantitative estimate of drug-likeness (QED) is 0.411. The Morgan fingerprint density at radius 2 is 0.700 bits per heavy atom. The summed E-state index contributed by atoms with van der Waals surface area (Å²) in [6.07, 6.45) is -0.333. The first-order chi connectivity index (χ1) is 13.3. The Morgan fingerprint density at radius 3 is 0.867 bits per heavy atom. The summed E-state index contributed by atoms with van der Waals surface area (Å²) in [6.45, 7) is 6.89. The molecule has 3 rings (SSSR count). The van der Waals surface area contributed by atoms with Crippen molar-refractivity contribution in [1.82, 2.24) is 0 Å². The van der Waals surface area contributed by atoms with Gasteiger partial charge in [0.05, 0.1) is 0 Å². The van der Waals surface area contributed by atoms with Crippen LogP contribution in [0.1, 0.15) is 27.7 Å². The van der Waals surface area contributed by atoms with Crippen LogP contribution in [0, 0.1) is 0 Å². The summed E-state index contributed by atoms with van der Waals surface area (Å²) in [6, 6.07) is 30.0. The molecule has 1 radical (unpaired) electrons. The Kier molecular flexibility index (Phi) is 16.3. The predicted octanol–water partition coefficient (Wildman–Crippen LogP) is 2.30. The summed E-state index contributed by atoms with van der Waals surface area (Å²) in [5.41, 5.74) is 0. The minimum Gasteiger partial charge on any atom is -2.00 e. The maximum atomic E-state index is 11.6. The van der Waals surface area contributed by atoms with E-state index in [4.69, 9.17) is 10.2 Å². The van der Waals surface area contributed by atoms with Crippen LogP contribution in [0.5, 0.6) is 0 Å². The Morgan fingerprint density at radius 1 is 0.533 bits per heavy atom. The third kappa shape index (κ3) is 10.4. The molecule has 0 saturated carbocycles. The Labute approximate surface area is 193 Å². The van der Waals surface area contributed by atoms with E-state index in [0.29, 0.717) is 0 Å². The van der Waals surface area contributed by atoms with E-state index in [1.807, 2.05) is 91.0 Å².